The first-order valence-corrected chi connectivity index (χ1v) is 6.85. The molecular weight excluding hydrogens is 270 g/mol. The Kier molecular flexibility index (Phi) is 3.47. The van der Waals surface area contributed by atoms with Gasteiger partial charge in [-0.05, 0) is 12.1 Å². The molecule has 1 fully saturated rings. The van der Waals surface area contributed by atoms with Crippen LogP contribution in [0, 0.1) is 0 Å². The van der Waals surface area contributed by atoms with E-state index in [4.69, 9.17) is 0 Å². The highest BCUT2D eigenvalue weighted by Crippen LogP contribution is 2.15. The van der Waals surface area contributed by atoms with Gasteiger partial charge in [0.05, 0.1) is 0 Å². The molecule has 2 aromatic heterocycles. The van der Waals surface area contributed by atoms with E-state index in [1.807, 2.05) is 12.1 Å². The summed E-state index contributed by atoms with van der Waals surface area (Å²) in [7, 11) is 1.60. The molecule has 0 radical (unpaired) electrons. The van der Waals surface area contributed by atoms with Crippen LogP contribution in [0.2, 0.25) is 0 Å². The van der Waals surface area contributed by atoms with Gasteiger partial charge in [0.2, 0.25) is 0 Å². The van der Waals surface area contributed by atoms with Crippen molar-refractivity contribution in [2.24, 2.45) is 7.05 Å². The van der Waals surface area contributed by atoms with Crippen molar-refractivity contribution in [3.63, 3.8) is 0 Å². The van der Waals surface area contributed by atoms with Gasteiger partial charge in [-0.15, -0.1) is 0 Å². The molecular formula is C14H17N5O2. The molecule has 0 aliphatic carbocycles. The smallest absolute Gasteiger partial charge is 0.325 e. The fourth-order valence-corrected chi connectivity index (χ4v) is 2.52. The lowest BCUT2D eigenvalue weighted by atomic mass is 10.2. The van der Waals surface area contributed by atoms with Crippen molar-refractivity contribution in [3.8, 4) is 0 Å². The summed E-state index contributed by atoms with van der Waals surface area (Å²) >= 11 is 0. The number of carbonyl (C=O) groups is 1. The molecule has 21 heavy (non-hydrogen) atoms. The third-order valence-corrected chi connectivity index (χ3v) is 3.81. The van der Waals surface area contributed by atoms with Crippen LogP contribution in [0.15, 0.2) is 35.5 Å². The van der Waals surface area contributed by atoms with Gasteiger partial charge in [-0.2, -0.15) is 0 Å². The highest BCUT2D eigenvalue weighted by Gasteiger charge is 2.24. The summed E-state index contributed by atoms with van der Waals surface area (Å²) in [6.07, 6.45) is 5.00. The van der Waals surface area contributed by atoms with Crippen molar-refractivity contribution in [3.05, 3.63) is 46.9 Å². The number of hydrogen-bond acceptors (Lipinski definition) is 4. The topological polar surface area (TPSA) is 74.2 Å². The Labute approximate surface area is 121 Å². The minimum absolute atomic E-state index is 0.106. The third kappa shape index (κ3) is 2.54. The SMILES string of the molecule is Cn1c(C(=O)N2CCN(c3ccncc3)CC2)c[nH]c1=O. The molecule has 3 heterocycles. The Morgan fingerprint density at radius 2 is 1.86 bits per heavy atom. The van der Waals surface area contributed by atoms with Crippen LogP contribution in [-0.2, 0) is 7.05 Å². The Hall–Kier alpha value is -2.57. The van der Waals surface area contributed by atoms with Crippen molar-refractivity contribution in [1.82, 2.24) is 19.4 Å². The predicted octanol–water partition coefficient (Wildman–Crippen LogP) is 0.0708. The maximum atomic E-state index is 12.4. The van der Waals surface area contributed by atoms with Crippen molar-refractivity contribution in [1.29, 1.82) is 0 Å². The molecule has 0 unspecified atom stereocenters. The van der Waals surface area contributed by atoms with Crippen LogP contribution < -0.4 is 10.6 Å². The molecule has 1 amide bonds. The summed E-state index contributed by atoms with van der Waals surface area (Å²) in [5.41, 5.74) is 1.25. The Morgan fingerprint density at radius 1 is 1.19 bits per heavy atom. The molecule has 0 aromatic carbocycles. The molecule has 0 bridgehead atoms. The molecule has 7 heteroatoms. The predicted molar refractivity (Wildman–Crippen MR) is 78.4 cm³/mol. The summed E-state index contributed by atoms with van der Waals surface area (Å²) < 4.78 is 1.34. The zero-order valence-corrected chi connectivity index (χ0v) is 11.8. The molecule has 1 saturated heterocycles. The van der Waals surface area contributed by atoms with Crippen LogP contribution in [0.4, 0.5) is 5.69 Å². The van der Waals surface area contributed by atoms with Gasteiger partial charge in [-0.1, -0.05) is 0 Å². The number of piperazine rings is 1. The highest BCUT2D eigenvalue weighted by molar-refractivity contribution is 5.92. The maximum Gasteiger partial charge on any atom is 0.325 e. The first-order valence-electron chi connectivity index (χ1n) is 6.85. The molecule has 1 aliphatic heterocycles. The van der Waals surface area contributed by atoms with Gasteiger partial charge in [-0.25, -0.2) is 4.79 Å². The van der Waals surface area contributed by atoms with Crippen molar-refractivity contribution >= 4 is 11.6 Å². The Balaban J connectivity index is 1.67. The van der Waals surface area contributed by atoms with Gasteiger partial charge < -0.3 is 14.8 Å². The summed E-state index contributed by atoms with van der Waals surface area (Å²) in [4.78, 5) is 34.3. The molecule has 0 saturated carbocycles. The van der Waals surface area contributed by atoms with Gasteiger partial charge in [0.25, 0.3) is 5.91 Å². The minimum atomic E-state index is -0.270. The second-order valence-electron chi connectivity index (χ2n) is 5.02. The van der Waals surface area contributed by atoms with Crippen LogP contribution in [0.3, 0.4) is 0 Å². The number of nitrogens with zero attached hydrogens (tertiary/aromatic N) is 4. The van der Waals surface area contributed by atoms with Gasteiger partial charge >= 0.3 is 5.69 Å². The fraction of sp³-hybridized carbons (Fsp3) is 0.357. The van der Waals surface area contributed by atoms with Gasteiger partial charge in [-0.3, -0.25) is 14.3 Å². The third-order valence-electron chi connectivity index (χ3n) is 3.81. The highest BCUT2D eigenvalue weighted by atomic mass is 16.2. The van der Waals surface area contributed by atoms with Crippen molar-refractivity contribution < 1.29 is 4.79 Å². The average molecular weight is 287 g/mol. The van der Waals surface area contributed by atoms with E-state index in [-0.39, 0.29) is 11.6 Å². The summed E-state index contributed by atoms with van der Waals surface area (Å²) in [6.45, 7) is 2.82. The van der Waals surface area contributed by atoms with Gasteiger partial charge in [0.15, 0.2) is 0 Å². The molecule has 0 atom stereocenters. The number of nitrogens with one attached hydrogen (secondary N) is 1. The molecule has 0 spiro atoms. The molecule has 1 aliphatic rings. The van der Waals surface area contributed by atoms with Crippen molar-refractivity contribution in [2.45, 2.75) is 0 Å². The number of pyridine rings is 1. The Morgan fingerprint density at radius 3 is 2.43 bits per heavy atom. The van der Waals surface area contributed by atoms with E-state index >= 15 is 0 Å². The number of H-pyrrole nitrogens is 1. The standard InChI is InChI=1S/C14H17N5O2/c1-17-12(10-16-14(17)21)13(20)19-8-6-18(7-9-19)11-2-4-15-5-3-11/h2-5,10H,6-9H2,1H3,(H,16,21). The van der Waals surface area contributed by atoms with E-state index in [2.05, 4.69) is 14.9 Å². The molecule has 2 aromatic rings. The van der Waals surface area contributed by atoms with E-state index in [0.29, 0.717) is 18.8 Å². The number of anilines is 1. The summed E-state index contributed by atoms with van der Waals surface area (Å²) in [5.74, 6) is -0.106. The van der Waals surface area contributed by atoms with Crippen LogP contribution in [0.1, 0.15) is 10.5 Å². The lowest BCUT2D eigenvalue weighted by molar-refractivity contribution is 0.0737. The molecule has 3 rings (SSSR count). The summed E-state index contributed by atoms with van der Waals surface area (Å²) in [5, 5.41) is 0. The number of amides is 1. The quantitative estimate of drug-likeness (QED) is 0.848. The molecule has 1 N–H and O–H groups in total. The van der Waals surface area contributed by atoms with Crippen LogP contribution in [0.25, 0.3) is 0 Å². The van der Waals surface area contributed by atoms with E-state index < -0.39 is 0 Å². The fourth-order valence-electron chi connectivity index (χ4n) is 2.52. The number of imidazole rings is 1. The Bertz CT molecular complexity index is 683. The van der Waals surface area contributed by atoms with Gasteiger partial charge in [0, 0.05) is 57.5 Å². The van der Waals surface area contributed by atoms with Crippen LogP contribution in [0.5, 0.6) is 0 Å². The summed E-state index contributed by atoms with van der Waals surface area (Å²) in [6, 6.07) is 3.93. The zero-order chi connectivity index (χ0) is 14.8. The second-order valence-corrected chi connectivity index (χ2v) is 5.02. The minimum Gasteiger partial charge on any atom is -0.368 e. The monoisotopic (exact) mass is 287 g/mol. The first kappa shape index (κ1) is 13.4. The number of rotatable bonds is 2. The first-order chi connectivity index (χ1) is 10.2. The molecule has 7 nitrogen and oxygen atoms in total. The molecule has 110 valence electrons. The van der Waals surface area contributed by atoms with E-state index in [1.54, 1.807) is 24.3 Å². The average Bonchev–Trinajstić information content (AvgIpc) is 2.87. The normalized spacial score (nSPS) is 15.3. The zero-order valence-electron chi connectivity index (χ0n) is 11.8. The maximum absolute atomic E-state index is 12.4. The lowest BCUT2D eigenvalue weighted by Gasteiger charge is -2.36. The lowest BCUT2D eigenvalue weighted by Crippen LogP contribution is -2.49. The van der Waals surface area contributed by atoms with Gasteiger partial charge in [0.1, 0.15) is 5.69 Å². The van der Waals surface area contributed by atoms with E-state index in [0.717, 1.165) is 18.8 Å². The second kappa shape index (κ2) is 5.43. The van der Waals surface area contributed by atoms with Crippen LogP contribution >= 0.6 is 0 Å². The number of hydrogen-bond donors (Lipinski definition) is 1. The number of aromatic amines is 1. The number of aromatic nitrogens is 3. The largest absolute Gasteiger partial charge is 0.368 e. The van der Waals surface area contributed by atoms with E-state index in [9.17, 15) is 9.59 Å². The van der Waals surface area contributed by atoms with Crippen LogP contribution in [-0.4, -0.2) is 51.5 Å². The van der Waals surface area contributed by atoms with Crippen molar-refractivity contribution in [2.75, 3.05) is 31.1 Å². The number of carbonyl (C=O) groups excluding carboxylic acids is 1. The van der Waals surface area contributed by atoms with E-state index in [1.165, 1.54) is 10.8 Å².